The van der Waals surface area contributed by atoms with Crippen LogP contribution in [0.1, 0.15) is 15.2 Å². The normalized spacial score (nSPS) is 10.3. The Balaban J connectivity index is 2.08. The van der Waals surface area contributed by atoms with Crippen LogP contribution < -0.4 is 5.32 Å². The molecule has 94 valence electrons. The van der Waals surface area contributed by atoms with Gasteiger partial charge in [-0.15, -0.1) is 11.3 Å². The zero-order valence-electron chi connectivity index (χ0n) is 8.98. The van der Waals surface area contributed by atoms with Gasteiger partial charge in [0, 0.05) is 11.1 Å². The number of carboxylic acids is 1. The van der Waals surface area contributed by atoms with Crippen molar-refractivity contribution in [1.82, 2.24) is 4.98 Å². The van der Waals surface area contributed by atoms with Gasteiger partial charge in [0.1, 0.15) is 5.82 Å². The molecular formula is C11H8Cl2N2O2S. The molecule has 0 bridgehead atoms. The number of pyridine rings is 1. The zero-order chi connectivity index (χ0) is 13.1. The molecule has 0 radical (unpaired) electrons. The summed E-state index contributed by atoms with van der Waals surface area (Å²) in [6, 6.07) is 5.08. The van der Waals surface area contributed by atoms with E-state index in [0.29, 0.717) is 16.7 Å². The van der Waals surface area contributed by atoms with E-state index in [4.69, 9.17) is 28.3 Å². The van der Waals surface area contributed by atoms with Gasteiger partial charge in [-0.05, 0) is 18.2 Å². The van der Waals surface area contributed by atoms with Crippen molar-refractivity contribution in [1.29, 1.82) is 0 Å². The summed E-state index contributed by atoms with van der Waals surface area (Å²) < 4.78 is 0.715. The summed E-state index contributed by atoms with van der Waals surface area (Å²) in [5, 5.41) is 12.1. The molecule has 2 rings (SSSR count). The van der Waals surface area contributed by atoms with Gasteiger partial charge in [-0.25, -0.2) is 9.78 Å². The minimum Gasteiger partial charge on any atom is -0.478 e. The number of thiophene rings is 1. The van der Waals surface area contributed by atoms with Gasteiger partial charge < -0.3 is 10.4 Å². The topological polar surface area (TPSA) is 62.2 Å². The summed E-state index contributed by atoms with van der Waals surface area (Å²) in [6.45, 7) is 0.538. The van der Waals surface area contributed by atoms with E-state index in [1.807, 2.05) is 12.1 Å². The SMILES string of the molecule is O=C(O)c1cnc(NCc2ccc(Cl)s2)c(Cl)c1. The van der Waals surface area contributed by atoms with Gasteiger partial charge in [-0.1, -0.05) is 23.2 Å². The van der Waals surface area contributed by atoms with Gasteiger partial charge in [-0.2, -0.15) is 0 Å². The maximum atomic E-state index is 10.7. The molecular weight excluding hydrogens is 295 g/mol. The number of hydrogen-bond acceptors (Lipinski definition) is 4. The number of rotatable bonds is 4. The molecule has 2 N–H and O–H groups in total. The van der Waals surface area contributed by atoms with Crippen LogP contribution in [0.2, 0.25) is 9.36 Å². The molecule has 2 aromatic heterocycles. The van der Waals surface area contributed by atoms with Crippen LogP contribution in [-0.4, -0.2) is 16.1 Å². The fourth-order valence-electron chi connectivity index (χ4n) is 1.30. The smallest absolute Gasteiger partial charge is 0.337 e. The fourth-order valence-corrected chi connectivity index (χ4v) is 2.56. The average molecular weight is 303 g/mol. The number of nitrogens with zero attached hydrogens (tertiary/aromatic N) is 1. The molecule has 2 aromatic rings. The highest BCUT2D eigenvalue weighted by molar-refractivity contribution is 7.16. The molecule has 0 atom stereocenters. The summed E-state index contributed by atoms with van der Waals surface area (Å²) in [6.07, 6.45) is 1.26. The van der Waals surface area contributed by atoms with E-state index in [1.165, 1.54) is 23.6 Å². The first-order chi connectivity index (χ1) is 8.56. The van der Waals surface area contributed by atoms with Gasteiger partial charge >= 0.3 is 5.97 Å². The molecule has 0 spiro atoms. The number of anilines is 1. The predicted octanol–water partition coefficient (Wildman–Crippen LogP) is 3.76. The molecule has 7 heteroatoms. The highest BCUT2D eigenvalue weighted by Crippen LogP contribution is 2.24. The predicted molar refractivity (Wildman–Crippen MR) is 72.9 cm³/mol. The summed E-state index contributed by atoms with van der Waals surface area (Å²) >= 11 is 13.2. The second-order valence-electron chi connectivity index (χ2n) is 3.42. The molecule has 0 saturated heterocycles. The van der Waals surface area contributed by atoms with Crippen LogP contribution in [-0.2, 0) is 6.54 Å². The molecule has 2 heterocycles. The molecule has 18 heavy (non-hydrogen) atoms. The summed E-state index contributed by atoms with van der Waals surface area (Å²) in [4.78, 5) is 15.7. The Labute approximate surface area is 117 Å². The average Bonchev–Trinajstić information content (AvgIpc) is 2.73. The lowest BCUT2D eigenvalue weighted by atomic mass is 10.3. The number of aromatic carboxylic acids is 1. The van der Waals surface area contributed by atoms with Crippen LogP contribution in [0.25, 0.3) is 0 Å². The van der Waals surface area contributed by atoms with E-state index < -0.39 is 5.97 Å². The van der Waals surface area contributed by atoms with Crippen molar-refractivity contribution in [3.8, 4) is 0 Å². The van der Waals surface area contributed by atoms with Gasteiger partial charge in [0.2, 0.25) is 0 Å². The summed E-state index contributed by atoms with van der Waals surface area (Å²) in [5.41, 5.74) is 0.0599. The number of carbonyl (C=O) groups is 1. The van der Waals surface area contributed by atoms with Crippen LogP contribution in [0.3, 0.4) is 0 Å². The third-order valence-corrected chi connectivity index (χ3v) is 3.67. The molecule has 0 aliphatic rings. The van der Waals surface area contributed by atoms with Gasteiger partial charge in [0.25, 0.3) is 0 Å². The Morgan fingerprint density at radius 3 is 2.78 bits per heavy atom. The van der Waals surface area contributed by atoms with Crippen molar-refractivity contribution in [2.24, 2.45) is 0 Å². The van der Waals surface area contributed by atoms with E-state index in [2.05, 4.69) is 10.3 Å². The van der Waals surface area contributed by atoms with Crippen molar-refractivity contribution in [3.63, 3.8) is 0 Å². The molecule has 0 aromatic carbocycles. The Morgan fingerprint density at radius 2 is 2.22 bits per heavy atom. The fraction of sp³-hybridized carbons (Fsp3) is 0.0909. The second kappa shape index (κ2) is 5.56. The van der Waals surface area contributed by atoms with Crippen molar-refractivity contribution in [3.05, 3.63) is 44.2 Å². The monoisotopic (exact) mass is 302 g/mol. The lowest BCUT2D eigenvalue weighted by Gasteiger charge is -2.06. The molecule has 0 unspecified atom stereocenters. The van der Waals surface area contributed by atoms with Crippen LogP contribution >= 0.6 is 34.5 Å². The number of halogens is 2. The first-order valence-corrected chi connectivity index (χ1v) is 6.50. The minimum atomic E-state index is -1.05. The molecule has 0 saturated carbocycles. The van der Waals surface area contributed by atoms with Gasteiger partial charge in [-0.3, -0.25) is 0 Å². The Bertz CT molecular complexity index is 586. The number of nitrogens with one attached hydrogen (secondary N) is 1. The van der Waals surface area contributed by atoms with Crippen LogP contribution in [0, 0.1) is 0 Å². The standard InChI is InChI=1S/C11H8Cl2N2O2S/c12-8-3-6(11(16)17)4-14-10(8)15-5-7-1-2-9(13)18-7/h1-4H,5H2,(H,14,15)(H,16,17). The molecule has 0 fully saturated rings. The van der Waals surface area contributed by atoms with Crippen molar-refractivity contribution >= 4 is 46.3 Å². The third-order valence-electron chi connectivity index (χ3n) is 2.15. The second-order valence-corrected chi connectivity index (χ2v) is 5.63. The molecule has 0 aliphatic heterocycles. The Kier molecular flexibility index (Phi) is 4.06. The molecule has 0 aliphatic carbocycles. The molecule has 0 amide bonds. The minimum absolute atomic E-state index is 0.0599. The Hall–Kier alpha value is -1.30. The maximum Gasteiger partial charge on any atom is 0.337 e. The highest BCUT2D eigenvalue weighted by Gasteiger charge is 2.08. The van der Waals surface area contributed by atoms with Gasteiger partial charge in [0.05, 0.1) is 21.5 Å². The first kappa shape index (κ1) is 13.1. The van der Waals surface area contributed by atoms with Crippen LogP contribution in [0.5, 0.6) is 0 Å². The van der Waals surface area contributed by atoms with Crippen molar-refractivity contribution in [2.75, 3.05) is 5.32 Å². The summed E-state index contributed by atoms with van der Waals surface area (Å²) in [7, 11) is 0. The van der Waals surface area contributed by atoms with Crippen molar-refractivity contribution < 1.29 is 9.90 Å². The van der Waals surface area contributed by atoms with E-state index in [1.54, 1.807) is 0 Å². The Morgan fingerprint density at radius 1 is 1.44 bits per heavy atom. The van der Waals surface area contributed by atoms with E-state index in [0.717, 1.165) is 4.88 Å². The van der Waals surface area contributed by atoms with Crippen LogP contribution in [0.4, 0.5) is 5.82 Å². The quantitative estimate of drug-likeness (QED) is 0.902. The lowest BCUT2D eigenvalue weighted by molar-refractivity contribution is 0.0696. The first-order valence-electron chi connectivity index (χ1n) is 4.93. The maximum absolute atomic E-state index is 10.7. The number of aromatic nitrogens is 1. The van der Waals surface area contributed by atoms with E-state index >= 15 is 0 Å². The van der Waals surface area contributed by atoms with Crippen molar-refractivity contribution in [2.45, 2.75) is 6.54 Å². The zero-order valence-corrected chi connectivity index (χ0v) is 11.3. The third kappa shape index (κ3) is 3.13. The van der Waals surface area contributed by atoms with E-state index in [9.17, 15) is 4.79 Å². The summed E-state index contributed by atoms with van der Waals surface area (Å²) in [5.74, 6) is -0.604. The lowest BCUT2D eigenvalue weighted by Crippen LogP contribution is -2.03. The highest BCUT2D eigenvalue weighted by atomic mass is 35.5. The van der Waals surface area contributed by atoms with Crippen LogP contribution in [0.15, 0.2) is 24.4 Å². The molecule has 4 nitrogen and oxygen atoms in total. The number of carboxylic acid groups (broad SMARTS) is 1. The number of hydrogen-bond donors (Lipinski definition) is 2. The van der Waals surface area contributed by atoms with Gasteiger partial charge in [0.15, 0.2) is 0 Å². The van der Waals surface area contributed by atoms with E-state index in [-0.39, 0.29) is 10.6 Å². The largest absolute Gasteiger partial charge is 0.478 e.